The van der Waals surface area contributed by atoms with Gasteiger partial charge in [0.2, 0.25) is 10.0 Å². The Morgan fingerprint density at radius 1 is 1.36 bits per heavy atom. The Morgan fingerprint density at radius 2 is 2.20 bits per heavy atom. The van der Waals surface area contributed by atoms with Crippen molar-refractivity contribution in [2.24, 2.45) is 0 Å². The van der Waals surface area contributed by atoms with Gasteiger partial charge in [0.1, 0.15) is 6.04 Å². The van der Waals surface area contributed by atoms with E-state index in [1.807, 2.05) is 17.5 Å². The summed E-state index contributed by atoms with van der Waals surface area (Å²) in [6.45, 7) is -0.0395. The lowest BCUT2D eigenvalue weighted by molar-refractivity contribution is -0.131. The number of amides is 1. The molecule has 3 rings (SSSR count). The quantitative estimate of drug-likeness (QED) is 0.419. The van der Waals surface area contributed by atoms with Gasteiger partial charge in [-0.1, -0.05) is 6.07 Å². The lowest BCUT2D eigenvalue weighted by atomic mass is 10.2. The van der Waals surface area contributed by atoms with Crippen LogP contribution in [0.3, 0.4) is 0 Å². The molecule has 0 aliphatic carbocycles. The molecule has 25 heavy (non-hydrogen) atoms. The first-order valence-electron chi connectivity index (χ1n) is 7.34. The summed E-state index contributed by atoms with van der Waals surface area (Å²) in [5.41, 5.74) is 2.09. The molecule has 0 bridgehead atoms. The maximum atomic E-state index is 12.4. The summed E-state index contributed by atoms with van der Waals surface area (Å²) in [5.74, 6) is -1.13. The van der Waals surface area contributed by atoms with Gasteiger partial charge < -0.3 is 0 Å². The molecule has 10 heteroatoms. The molecule has 1 aromatic carbocycles. The summed E-state index contributed by atoms with van der Waals surface area (Å²) >= 11 is 1.58. The number of carbonyl (C=O) groups excluding carboxylic acids is 1. The van der Waals surface area contributed by atoms with Gasteiger partial charge in [0.05, 0.1) is 12.3 Å². The third kappa shape index (κ3) is 4.42. The number of fused-ring (bicyclic) bond motifs is 1. The van der Waals surface area contributed by atoms with Gasteiger partial charge in [-0.25, -0.2) is 18.6 Å². The molecule has 8 nitrogen and oxygen atoms in total. The number of nitrogens with one attached hydrogen (secondary N) is 2. The fourth-order valence-corrected chi connectivity index (χ4v) is 4.52. The van der Waals surface area contributed by atoms with E-state index in [1.165, 1.54) is 16.4 Å². The highest BCUT2D eigenvalue weighted by Crippen LogP contribution is 2.22. The molecule has 0 aliphatic rings. The van der Waals surface area contributed by atoms with Gasteiger partial charge in [0, 0.05) is 17.1 Å². The van der Waals surface area contributed by atoms with Crippen molar-refractivity contribution in [2.45, 2.75) is 18.3 Å². The molecule has 132 valence electrons. The standard InChI is InChI=1S/C15H16N4O4S2/c20-15(17-21)13(9-19-6-1-5-16-19)18-25(22,23)10-11-2-3-14-12(8-11)4-7-24-14/h1-8,13,18,21H,9-10H2,(H,17,20)/t13-/m1/s1. The number of hydrogen-bond acceptors (Lipinski definition) is 6. The predicted octanol–water partition coefficient (Wildman–Crippen LogP) is 1.09. The van der Waals surface area contributed by atoms with E-state index in [4.69, 9.17) is 5.21 Å². The molecule has 0 saturated carbocycles. The van der Waals surface area contributed by atoms with Crippen LogP contribution in [0, 0.1) is 0 Å². The first-order valence-corrected chi connectivity index (χ1v) is 9.87. The van der Waals surface area contributed by atoms with E-state index in [1.54, 1.807) is 35.7 Å². The van der Waals surface area contributed by atoms with Crippen LogP contribution in [0.15, 0.2) is 48.1 Å². The molecule has 1 amide bonds. The fourth-order valence-electron chi connectivity index (χ4n) is 2.43. The van der Waals surface area contributed by atoms with E-state index < -0.39 is 22.0 Å². The van der Waals surface area contributed by atoms with Crippen LogP contribution in [0.2, 0.25) is 0 Å². The Labute approximate surface area is 148 Å². The minimum Gasteiger partial charge on any atom is -0.289 e. The third-order valence-corrected chi connectivity index (χ3v) is 5.81. The van der Waals surface area contributed by atoms with Crippen LogP contribution >= 0.6 is 11.3 Å². The number of aromatic nitrogens is 2. The molecule has 3 N–H and O–H groups in total. The topological polar surface area (TPSA) is 113 Å². The number of benzene rings is 1. The number of nitrogens with zero attached hydrogens (tertiary/aromatic N) is 2. The number of thiophene rings is 1. The second-order valence-electron chi connectivity index (χ2n) is 5.43. The average Bonchev–Trinajstić information content (AvgIpc) is 3.23. The van der Waals surface area contributed by atoms with Crippen LogP contribution in [-0.2, 0) is 27.1 Å². The Morgan fingerprint density at radius 3 is 2.92 bits per heavy atom. The molecule has 0 fully saturated rings. The molecule has 1 atom stereocenters. The fraction of sp³-hybridized carbons (Fsp3) is 0.200. The van der Waals surface area contributed by atoms with Crippen LogP contribution in [0.5, 0.6) is 0 Å². The average molecular weight is 380 g/mol. The molecule has 2 heterocycles. The number of sulfonamides is 1. The SMILES string of the molecule is O=C(NO)[C@@H](Cn1cccn1)NS(=O)(=O)Cc1ccc2sccc2c1. The lowest BCUT2D eigenvalue weighted by Gasteiger charge is -2.17. The Bertz CT molecular complexity index is 967. The Hall–Kier alpha value is -2.27. The van der Waals surface area contributed by atoms with Crippen LogP contribution in [-0.4, -0.2) is 35.4 Å². The van der Waals surface area contributed by atoms with E-state index in [0.29, 0.717) is 5.56 Å². The van der Waals surface area contributed by atoms with Crippen molar-refractivity contribution in [1.29, 1.82) is 0 Å². The van der Waals surface area contributed by atoms with Crippen molar-refractivity contribution in [3.8, 4) is 0 Å². The highest BCUT2D eigenvalue weighted by atomic mass is 32.2. The minimum absolute atomic E-state index is 0.0395. The van der Waals surface area contributed by atoms with Crippen molar-refractivity contribution in [3.05, 3.63) is 53.7 Å². The summed E-state index contributed by atoms with van der Waals surface area (Å²) in [7, 11) is -3.80. The van der Waals surface area contributed by atoms with Crippen LogP contribution in [0.4, 0.5) is 0 Å². The van der Waals surface area contributed by atoms with E-state index in [9.17, 15) is 13.2 Å². The Kier molecular flexibility index (Phi) is 5.13. The van der Waals surface area contributed by atoms with Gasteiger partial charge in [0.15, 0.2) is 0 Å². The first kappa shape index (κ1) is 17.5. The van der Waals surface area contributed by atoms with Gasteiger partial charge in [-0.3, -0.25) is 14.7 Å². The highest BCUT2D eigenvalue weighted by Gasteiger charge is 2.25. The largest absolute Gasteiger partial charge is 0.289 e. The molecule has 0 radical (unpaired) electrons. The van der Waals surface area contributed by atoms with Crippen LogP contribution in [0.1, 0.15) is 5.56 Å². The van der Waals surface area contributed by atoms with E-state index in [2.05, 4.69) is 9.82 Å². The zero-order valence-corrected chi connectivity index (χ0v) is 14.6. The van der Waals surface area contributed by atoms with Crippen molar-refractivity contribution >= 4 is 37.4 Å². The Balaban J connectivity index is 1.75. The van der Waals surface area contributed by atoms with E-state index in [-0.39, 0.29) is 12.3 Å². The van der Waals surface area contributed by atoms with Crippen LogP contribution in [0.25, 0.3) is 10.1 Å². The smallest absolute Gasteiger partial charge is 0.263 e. The van der Waals surface area contributed by atoms with Crippen molar-refractivity contribution < 1.29 is 18.4 Å². The maximum Gasteiger partial charge on any atom is 0.263 e. The van der Waals surface area contributed by atoms with Crippen molar-refractivity contribution in [1.82, 2.24) is 20.0 Å². The third-order valence-electron chi connectivity index (χ3n) is 3.55. The number of rotatable bonds is 7. The normalized spacial score (nSPS) is 13.0. The molecule has 0 aliphatic heterocycles. The monoisotopic (exact) mass is 380 g/mol. The van der Waals surface area contributed by atoms with Gasteiger partial charge in [0.25, 0.3) is 5.91 Å². The number of hydroxylamine groups is 1. The lowest BCUT2D eigenvalue weighted by Crippen LogP contribution is -2.48. The van der Waals surface area contributed by atoms with Gasteiger partial charge in [-0.15, -0.1) is 11.3 Å². The molecule has 2 aromatic heterocycles. The van der Waals surface area contributed by atoms with Crippen molar-refractivity contribution in [3.63, 3.8) is 0 Å². The molecule has 0 unspecified atom stereocenters. The minimum atomic E-state index is -3.80. The van der Waals surface area contributed by atoms with Gasteiger partial charge in [-0.2, -0.15) is 5.10 Å². The molecule has 3 aromatic rings. The van der Waals surface area contributed by atoms with Gasteiger partial charge >= 0.3 is 0 Å². The summed E-state index contributed by atoms with van der Waals surface area (Å²) in [6.07, 6.45) is 3.11. The second-order valence-corrected chi connectivity index (χ2v) is 8.13. The number of carbonyl (C=O) groups is 1. The molecular formula is C15H16N4O4S2. The van der Waals surface area contributed by atoms with Gasteiger partial charge in [-0.05, 0) is 40.6 Å². The summed E-state index contributed by atoms with van der Waals surface area (Å²) in [6, 6.07) is 7.81. The summed E-state index contributed by atoms with van der Waals surface area (Å²) in [4.78, 5) is 11.8. The zero-order valence-electron chi connectivity index (χ0n) is 13.0. The van der Waals surface area contributed by atoms with E-state index >= 15 is 0 Å². The molecular weight excluding hydrogens is 364 g/mol. The van der Waals surface area contributed by atoms with E-state index in [0.717, 1.165) is 10.1 Å². The summed E-state index contributed by atoms with van der Waals surface area (Å²) in [5, 5.41) is 15.7. The molecule has 0 saturated heterocycles. The molecule has 0 spiro atoms. The second kappa shape index (κ2) is 7.31. The van der Waals surface area contributed by atoms with Crippen molar-refractivity contribution in [2.75, 3.05) is 0 Å². The highest BCUT2D eigenvalue weighted by molar-refractivity contribution is 7.88. The predicted molar refractivity (Wildman–Crippen MR) is 93.5 cm³/mol. The first-order chi connectivity index (χ1) is 12.0. The van der Waals surface area contributed by atoms with Crippen LogP contribution < -0.4 is 10.2 Å². The number of hydrogen-bond donors (Lipinski definition) is 3. The maximum absolute atomic E-state index is 12.4. The zero-order chi connectivity index (χ0) is 17.9. The summed E-state index contributed by atoms with van der Waals surface area (Å²) < 4.78 is 29.7.